The molecule has 1 aliphatic rings. The van der Waals surface area contributed by atoms with E-state index in [4.69, 9.17) is 5.73 Å². The summed E-state index contributed by atoms with van der Waals surface area (Å²) in [4.78, 5) is 0. The molecule has 0 fully saturated rings. The monoisotopic (exact) mass is 279 g/mol. The predicted molar refractivity (Wildman–Crippen MR) is 90.7 cm³/mol. The molecule has 0 saturated carbocycles. The molecule has 1 rings (SSSR count). The van der Waals surface area contributed by atoms with E-state index in [0.29, 0.717) is 0 Å². The van der Waals surface area contributed by atoms with Gasteiger partial charge < -0.3 is 5.73 Å². The number of hydrogen-bond donors (Lipinski definition) is 1. The fourth-order valence-corrected chi connectivity index (χ4v) is 3.82. The van der Waals surface area contributed by atoms with E-state index in [1.54, 1.807) is 11.1 Å². The second kappa shape index (κ2) is 8.87. The first-order valence-electron chi connectivity index (χ1n) is 8.95. The van der Waals surface area contributed by atoms with Gasteiger partial charge in [0.1, 0.15) is 0 Å². The zero-order chi connectivity index (χ0) is 15.1. The Bertz CT molecular complexity index is 305. The summed E-state index contributed by atoms with van der Waals surface area (Å²) in [5.74, 6) is 3.17. The van der Waals surface area contributed by atoms with Gasteiger partial charge in [-0.05, 0) is 56.4 Å². The molecule has 0 aromatic carbocycles. The van der Waals surface area contributed by atoms with Crippen LogP contribution in [0.2, 0.25) is 0 Å². The van der Waals surface area contributed by atoms with Crippen LogP contribution in [0.15, 0.2) is 11.1 Å². The number of hydrogen-bond acceptors (Lipinski definition) is 1. The molecule has 4 unspecified atom stereocenters. The standard InChI is InChI=1S/C19H37N/c1-6-8-9-10-14(3)11-17(13-20)12-18(7-2)19-15(4)16(19)5/h14-15,17-18H,6-13,20H2,1-5H3. The van der Waals surface area contributed by atoms with Crippen LogP contribution in [0.3, 0.4) is 0 Å². The molecule has 0 aliphatic heterocycles. The van der Waals surface area contributed by atoms with E-state index in [9.17, 15) is 0 Å². The minimum Gasteiger partial charge on any atom is -0.330 e. The second-order valence-corrected chi connectivity index (χ2v) is 7.14. The zero-order valence-corrected chi connectivity index (χ0v) is 14.5. The van der Waals surface area contributed by atoms with Crippen LogP contribution in [0.25, 0.3) is 0 Å². The molecule has 0 spiro atoms. The van der Waals surface area contributed by atoms with Crippen LogP contribution in [0.5, 0.6) is 0 Å². The first-order chi connectivity index (χ1) is 9.54. The van der Waals surface area contributed by atoms with Crippen molar-refractivity contribution in [2.75, 3.05) is 6.54 Å². The van der Waals surface area contributed by atoms with Gasteiger partial charge in [0.25, 0.3) is 0 Å². The number of nitrogens with two attached hydrogens (primary N) is 1. The average molecular weight is 280 g/mol. The zero-order valence-electron chi connectivity index (χ0n) is 14.5. The normalized spacial score (nSPS) is 22.8. The van der Waals surface area contributed by atoms with Gasteiger partial charge in [-0.1, -0.05) is 64.5 Å². The maximum absolute atomic E-state index is 6.05. The quantitative estimate of drug-likeness (QED) is 0.389. The molecule has 1 nitrogen and oxygen atoms in total. The fraction of sp³-hybridized carbons (Fsp3) is 0.895. The molecule has 0 heterocycles. The smallest absolute Gasteiger partial charge is 0.00156 e. The van der Waals surface area contributed by atoms with E-state index in [1.165, 1.54) is 44.9 Å². The summed E-state index contributed by atoms with van der Waals surface area (Å²) in [6, 6.07) is 0. The molecule has 1 aliphatic carbocycles. The Morgan fingerprint density at radius 3 is 2.25 bits per heavy atom. The maximum Gasteiger partial charge on any atom is -0.00156 e. The SMILES string of the molecule is CCCCCC(C)CC(CN)CC(CC)C1=C(C)C1C. The van der Waals surface area contributed by atoms with Gasteiger partial charge in [0.15, 0.2) is 0 Å². The minimum absolute atomic E-state index is 0.727. The van der Waals surface area contributed by atoms with Gasteiger partial charge in [-0.3, -0.25) is 0 Å². The van der Waals surface area contributed by atoms with E-state index in [1.807, 2.05) is 0 Å². The van der Waals surface area contributed by atoms with Crippen LogP contribution >= 0.6 is 0 Å². The second-order valence-electron chi connectivity index (χ2n) is 7.14. The minimum atomic E-state index is 0.727. The van der Waals surface area contributed by atoms with Gasteiger partial charge in [0, 0.05) is 0 Å². The van der Waals surface area contributed by atoms with Crippen molar-refractivity contribution in [3.63, 3.8) is 0 Å². The molecule has 118 valence electrons. The highest BCUT2D eigenvalue weighted by Gasteiger charge is 2.34. The molecule has 0 radical (unpaired) electrons. The third-order valence-corrected chi connectivity index (χ3v) is 5.41. The Hall–Kier alpha value is -0.300. The van der Waals surface area contributed by atoms with E-state index < -0.39 is 0 Å². The topological polar surface area (TPSA) is 26.0 Å². The number of allylic oxidation sites excluding steroid dienone is 2. The van der Waals surface area contributed by atoms with E-state index in [2.05, 4.69) is 34.6 Å². The van der Waals surface area contributed by atoms with Crippen molar-refractivity contribution in [1.82, 2.24) is 0 Å². The summed E-state index contributed by atoms with van der Waals surface area (Å²) >= 11 is 0. The lowest BCUT2D eigenvalue weighted by Gasteiger charge is -2.23. The molecular weight excluding hydrogens is 242 g/mol. The van der Waals surface area contributed by atoms with Gasteiger partial charge in [-0.15, -0.1) is 0 Å². The highest BCUT2D eigenvalue weighted by molar-refractivity contribution is 5.40. The van der Waals surface area contributed by atoms with E-state index in [0.717, 1.165) is 30.2 Å². The average Bonchev–Trinajstić information content (AvgIpc) is 3.02. The third-order valence-electron chi connectivity index (χ3n) is 5.41. The van der Waals surface area contributed by atoms with Crippen molar-refractivity contribution >= 4 is 0 Å². The van der Waals surface area contributed by atoms with Crippen molar-refractivity contribution in [2.24, 2.45) is 29.4 Å². The molecule has 20 heavy (non-hydrogen) atoms. The van der Waals surface area contributed by atoms with Crippen LogP contribution in [-0.4, -0.2) is 6.54 Å². The molecule has 0 aromatic rings. The van der Waals surface area contributed by atoms with Gasteiger partial charge in [-0.25, -0.2) is 0 Å². The van der Waals surface area contributed by atoms with Crippen LogP contribution in [0, 0.1) is 23.7 Å². The van der Waals surface area contributed by atoms with Gasteiger partial charge in [-0.2, -0.15) is 0 Å². The fourth-order valence-electron chi connectivity index (χ4n) is 3.82. The molecule has 1 heteroatoms. The first-order valence-corrected chi connectivity index (χ1v) is 8.95. The Morgan fingerprint density at radius 2 is 1.80 bits per heavy atom. The van der Waals surface area contributed by atoms with Gasteiger partial charge in [0.05, 0.1) is 0 Å². The molecule has 4 atom stereocenters. The Morgan fingerprint density at radius 1 is 1.15 bits per heavy atom. The van der Waals surface area contributed by atoms with Gasteiger partial charge in [0.2, 0.25) is 0 Å². The Labute approximate surface area is 127 Å². The molecule has 0 bridgehead atoms. The summed E-state index contributed by atoms with van der Waals surface area (Å²) in [6.45, 7) is 12.6. The number of unbranched alkanes of at least 4 members (excludes halogenated alkanes) is 2. The summed E-state index contributed by atoms with van der Waals surface area (Å²) < 4.78 is 0. The molecule has 0 saturated heterocycles. The maximum atomic E-state index is 6.05. The van der Waals surface area contributed by atoms with Gasteiger partial charge >= 0.3 is 0 Å². The Balaban J connectivity index is 2.38. The lowest BCUT2D eigenvalue weighted by Crippen LogP contribution is -2.20. The highest BCUT2D eigenvalue weighted by Crippen LogP contribution is 2.47. The molecule has 0 amide bonds. The van der Waals surface area contributed by atoms with Crippen LogP contribution in [0.4, 0.5) is 0 Å². The van der Waals surface area contributed by atoms with Crippen LogP contribution < -0.4 is 5.73 Å². The first kappa shape index (κ1) is 17.8. The van der Waals surface area contributed by atoms with E-state index >= 15 is 0 Å². The van der Waals surface area contributed by atoms with Crippen LogP contribution in [0.1, 0.15) is 79.6 Å². The third kappa shape index (κ3) is 5.24. The summed E-state index contributed by atoms with van der Waals surface area (Å²) in [6.07, 6.45) is 9.44. The molecule has 2 N–H and O–H groups in total. The lowest BCUT2D eigenvalue weighted by molar-refractivity contribution is 0.319. The van der Waals surface area contributed by atoms with E-state index in [-0.39, 0.29) is 0 Å². The molecule has 0 aromatic heterocycles. The predicted octanol–water partition coefficient (Wildman–Crippen LogP) is 5.55. The summed E-state index contributed by atoms with van der Waals surface area (Å²) in [7, 11) is 0. The summed E-state index contributed by atoms with van der Waals surface area (Å²) in [5.41, 5.74) is 9.46. The Kier molecular flexibility index (Phi) is 7.87. The van der Waals surface area contributed by atoms with Crippen molar-refractivity contribution in [3.05, 3.63) is 11.1 Å². The van der Waals surface area contributed by atoms with Crippen LogP contribution in [-0.2, 0) is 0 Å². The highest BCUT2D eigenvalue weighted by atomic mass is 14.6. The van der Waals surface area contributed by atoms with Crippen molar-refractivity contribution < 1.29 is 0 Å². The van der Waals surface area contributed by atoms with Crippen molar-refractivity contribution in [2.45, 2.75) is 79.6 Å². The lowest BCUT2D eigenvalue weighted by atomic mass is 9.83. The molecular formula is C19H37N. The summed E-state index contributed by atoms with van der Waals surface area (Å²) in [5, 5.41) is 0. The van der Waals surface area contributed by atoms with Crippen molar-refractivity contribution in [1.29, 1.82) is 0 Å². The number of rotatable bonds is 11. The van der Waals surface area contributed by atoms with Crippen molar-refractivity contribution in [3.8, 4) is 0 Å². The largest absolute Gasteiger partial charge is 0.330 e.